The number of amides is 3. The highest BCUT2D eigenvalue weighted by Gasteiger charge is 2.52. The lowest BCUT2D eigenvalue weighted by Gasteiger charge is -2.47. The highest BCUT2D eigenvalue weighted by molar-refractivity contribution is 8.00. The van der Waals surface area contributed by atoms with Crippen molar-refractivity contribution in [3.05, 3.63) is 0 Å². The second kappa shape index (κ2) is 8.19. The molecule has 2 heterocycles. The number of alkyl halides is 1. The summed E-state index contributed by atoms with van der Waals surface area (Å²) in [5.41, 5.74) is 5.30. The Morgan fingerprint density at radius 3 is 2.53 bits per heavy atom. The fourth-order valence-corrected chi connectivity index (χ4v) is 7.66. The lowest BCUT2D eigenvalue weighted by atomic mass is 9.81. The van der Waals surface area contributed by atoms with E-state index in [9.17, 15) is 22.4 Å². The molecule has 9 nitrogen and oxygen atoms in total. The number of halogens is 1. The number of imide groups is 1. The molecular weight excluding hydrogens is 433 g/mol. The first-order valence-electron chi connectivity index (χ1n) is 10.5. The zero-order valence-corrected chi connectivity index (χ0v) is 18.9. The van der Waals surface area contributed by atoms with Crippen molar-refractivity contribution >= 4 is 33.7 Å². The molecule has 0 bridgehead atoms. The molecule has 2 aliphatic carbocycles. The van der Waals surface area contributed by atoms with Crippen LogP contribution in [0.3, 0.4) is 0 Å². The number of thioether (sulfide) groups is 1. The predicted molar refractivity (Wildman–Crippen MR) is 112 cm³/mol. The zero-order chi connectivity index (χ0) is 21.7. The molecule has 5 atom stereocenters. The minimum absolute atomic E-state index is 0.114. The van der Waals surface area contributed by atoms with E-state index in [-0.39, 0.29) is 41.7 Å². The summed E-state index contributed by atoms with van der Waals surface area (Å²) in [6, 6.07) is -0.633. The fraction of sp³-hybridized carbons (Fsp3) is 0.889. The third kappa shape index (κ3) is 4.08. The van der Waals surface area contributed by atoms with Crippen LogP contribution in [-0.2, 0) is 14.8 Å². The van der Waals surface area contributed by atoms with Gasteiger partial charge in [0.15, 0.2) is 0 Å². The number of fused-ring (bicyclic) bond motifs is 1. The molecule has 5 unspecified atom stereocenters. The lowest BCUT2D eigenvalue weighted by Crippen LogP contribution is -2.64. The smallest absolute Gasteiger partial charge is 0.324 e. The van der Waals surface area contributed by atoms with E-state index in [4.69, 9.17) is 0 Å². The number of sulfonamides is 1. The number of hydrogen-bond donors (Lipinski definition) is 3. The van der Waals surface area contributed by atoms with Crippen LogP contribution in [0.2, 0.25) is 0 Å². The zero-order valence-electron chi connectivity index (χ0n) is 17.3. The van der Waals surface area contributed by atoms with Gasteiger partial charge in [-0.05, 0) is 38.5 Å². The molecule has 0 aromatic rings. The standard InChI is InChI=1S/C18H30FN5O4S2/c1-3-14-20-21-15(29-14)9-24-16(25)12-8-11(4-5-13(12)23(2)17(24)26)30(27,28)22-18(10-19)6-7-18/h11-15,20-22H,3-10H2,1-2H3. The Kier molecular flexibility index (Phi) is 6.08. The van der Waals surface area contributed by atoms with Crippen molar-refractivity contribution in [2.24, 2.45) is 5.92 Å². The van der Waals surface area contributed by atoms with Gasteiger partial charge in [0.1, 0.15) is 6.67 Å². The number of carbonyl (C=O) groups excluding carboxylic acids is 2. The first-order chi connectivity index (χ1) is 14.2. The maximum atomic E-state index is 13.2. The average molecular weight is 464 g/mol. The molecule has 4 aliphatic rings. The Hall–Kier alpha value is -0.950. The van der Waals surface area contributed by atoms with Crippen LogP contribution in [0.5, 0.6) is 0 Å². The molecule has 0 aromatic heterocycles. The second-order valence-corrected chi connectivity index (χ2v) is 12.2. The lowest BCUT2D eigenvalue weighted by molar-refractivity contribution is -0.139. The number of nitrogens with zero attached hydrogens (tertiary/aromatic N) is 2. The first kappa shape index (κ1) is 22.3. The molecule has 0 radical (unpaired) electrons. The normalized spacial score (nSPS) is 36.2. The summed E-state index contributed by atoms with van der Waals surface area (Å²) in [6.45, 7) is 1.56. The Balaban J connectivity index is 1.46. The van der Waals surface area contributed by atoms with Crippen LogP contribution in [-0.4, -0.2) is 78.0 Å². The topological polar surface area (TPSA) is 111 Å². The van der Waals surface area contributed by atoms with E-state index in [1.54, 1.807) is 23.7 Å². The highest BCUT2D eigenvalue weighted by atomic mass is 32.2. The fourth-order valence-electron chi connectivity index (χ4n) is 4.63. The number of hydrogen-bond acceptors (Lipinski definition) is 7. The van der Waals surface area contributed by atoms with Gasteiger partial charge in [0.2, 0.25) is 15.9 Å². The largest absolute Gasteiger partial charge is 0.326 e. The maximum absolute atomic E-state index is 13.2. The molecule has 2 saturated carbocycles. The average Bonchev–Trinajstić information content (AvgIpc) is 3.34. The number of urea groups is 1. The van der Waals surface area contributed by atoms with Gasteiger partial charge in [-0.3, -0.25) is 9.69 Å². The third-order valence-corrected chi connectivity index (χ3v) is 10.1. The van der Waals surface area contributed by atoms with Crippen molar-refractivity contribution < 1.29 is 22.4 Å². The molecule has 170 valence electrons. The molecule has 0 aromatic carbocycles. The van der Waals surface area contributed by atoms with Gasteiger partial charge < -0.3 is 4.90 Å². The van der Waals surface area contributed by atoms with Crippen molar-refractivity contribution in [2.45, 2.75) is 73.0 Å². The molecule has 12 heteroatoms. The van der Waals surface area contributed by atoms with Gasteiger partial charge in [-0.25, -0.2) is 33.2 Å². The van der Waals surface area contributed by atoms with Crippen LogP contribution in [0.25, 0.3) is 0 Å². The van der Waals surface area contributed by atoms with Crippen molar-refractivity contribution in [3.63, 3.8) is 0 Å². The molecule has 2 aliphatic heterocycles. The van der Waals surface area contributed by atoms with Crippen LogP contribution in [0.1, 0.15) is 45.4 Å². The van der Waals surface area contributed by atoms with E-state index in [1.165, 1.54) is 4.90 Å². The Labute approximate surface area is 180 Å². The summed E-state index contributed by atoms with van der Waals surface area (Å²) >= 11 is 1.63. The van der Waals surface area contributed by atoms with E-state index in [1.807, 2.05) is 0 Å². The molecule has 0 spiro atoms. The summed E-state index contributed by atoms with van der Waals surface area (Å²) in [6.07, 6.45) is 2.86. The van der Waals surface area contributed by atoms with Gasteiger partial charge in [0, 0.05) is 13.1 Å². The summed E-state index contributed by atoms with van der Waals surface area (Å²) < 4.78 is 41.5. The highest BCUT2D eigenvalue weighted by Crippen LogP contribution is 2.40. The van der Waals surface area contributed by atoms with Crippen LogP contribution in [0.15, 0.2) is 0 Å². The SMILES string of the molecule is CCC1NNC(CN2C(=O)C3CC(S(=O)(=O)NC4(CF)CC4)CCC3N(C)C2=O)S1. The first-order valence-corrected chi connectivity index (χ1v) is 13.0. The third-order valence-electron chi connectivity index (χ3n) is 6.74. The number of carbonyl (C=O) groups is 2. The number of rotatable bonds is 7. The van der Waals surface area contributed by atoms with Gasteiger partial charge >= 0.3 is 6.03 Å². The van der Waals surface area contributed by atoms with Crippen molar-refractivity contribution in [1.82, 2.24) is 25.4 Å². The monoisotopic (exact) mass is 463 g/mol. The van der Waals surface area contributed by atoms with Gasteiger partial charge in [-0.15, -0.1) is 11.8 Å². The van der Waals surface area contributed by atoms with E-state index in [0.717, 1.165) is 6.42 Å². The number of nitrogens with one attached hydrogen (secondary N) is 3. The Morgan fingerprint density at radius 1 is 1.23 bits per heavy atom. The van der Waals surface area contributed by atoms with E-state index in [2.05, 4.69) is 22.5 Å². The molecule has 3 amide bonds. The van der Waals surface area contributed by atoms with Crippen molar-refractivity contribution in [2.75, 3.05) is 20.3 Å². The summed E-state index contributed by atoms with van der Waals surface area (Å²) in [5.74, 6) is -0.873. The van der Waals surface area contributed by atoms with Gasteiger partial charge in [-0.1, -0.05) is 6.92 Å². The second-order valence-electron chi connectivity index (χ2n) is 8.82. The van der Waals surface area contributed by atoms with Gasteiger partial charge in [0.05, 0.1) is 34.0 Å². The quantitative estimate of drug-likeness (QED) is 0.511. The summed E-state index contributed by atoms with van der Waals surface area (Å²) in [5, 5.41) is -0.645. The Bertz CT molecular complexity index is 808. The predicted octanol–water partition coefficient (Wildman–Crippen LogP) is 0.742. The summed E-state index contributed by atoms with van der Waals surface area (Å²) in [4.78, 5) is 28.9. The van der Waals surface area contributed by atoms with Crippen LogP contribution < -0.4 is 15.6 Å². The van der Waals surface area contributed by atoms with Crippen molar-refractivity contribution in [3.8, 4) is 0 Å². The van der Waals surface area contributed by atoms with Crippen LogP contribution >= 0.6 is 11.8 Å². The molecular formula is C18H30FN5O4S2. The molecule has 30 heavy (non-hydrogen) atoms. The molecule has 2 saturated heterocycles. The Morgan fingerprint density at radius 2 is 1.93 bits per heavy atom. The molecule has 4 fully saturated rings. The molecule has 4 rings (SSSR count). The van der Waals surface area contributed by atoms with E-state index >= 15 is 0 Å². The molecule has 3 N–H and O–H groups in total. The minimum Gasteiger partial charge on any atom is -0.324 e. The van der Waals surface area contributed by atoms with Crippen LogP contribution in [0, 0.1) is 5.92 Å². The van der Waals surface area contributed by atoms with E-state index in [0.29, 0.717) is 25.7 Å². The van der Waals surface area contributed by atoms with E-state index < -0.39 is 33.4 Å². The maximum Gasteiger partial charge on any atom is 0.326 e. The number of hydrazine groups is 1. The van der Waals surface area contributed by atoms with Gasteiger partial charge in [0.25, 0.3) is 0 Å². The van der Waals surface area contributed by atoms with Crippen molar-refractivity contribution in [1.29, 1.82) is 0 Å². The summed E-state index contributed by atoms with van der Waals surface area (Å²) in [7, 11) is -2.06. The minimum atomic E-state index is -3.74. The van der Waals surface area contributed by atoms with Crippen LogP contribution in [0.4, 0.5) is 9.18 Å². The van der Waals surface area contributed by atoms with Gasteiger partial charge in [-0.2, -0.15) is 0 Å².